The maximum Gasteiger partial charge on any atom is 0.293 e. The zero-order valence-electron chi connectivity index (χ0n) is 13.7. The van der Waals surface area contributed by atoms with Crippen LogP contribution in [0.1, 0.15) is 38.5 Å². The zero-order chi connectivity index (χ0) is 17.1. The summed E-state index contributed by atoms with van der Waals surface area (Å²) in [6.45, 7) is 1.83. The van der Waals surface area contributed by atoms with Crippen molar-refractivity contribution >= 4 is 23.0 Å². The molecule has 6 nitrogen and oxygen atoms in total. The summed E-state index contributed by atoms with van der Waals surface area (Å²) in [4.78, 5) is 13.2. The number of aliphatic hydroxyl groups excluding tert-OH is 1. The second kappa shape index (κ2) is 7.68. The third kappa shape index (κ3) is 3.99. The number of nitro groups is 1. The molecule has 0 spiro atoms. The van der Waals surface area contributed by atoms with Gasteiger partial charge < -0.3 is 10.4 Å². The first-order chi connectivity index (χ1) is 11.5. The van der Waals surface area contributed by atoms with Gasteiger partial charge in [0.15, 0.2) is 0 Å². The Hall–Kier alpha value is -1.37. The van der Waals surface area contributed by atoms with Crippen LogP contribution in [0.2, 0.25) is 5.02 Å². The molecule has 1 saturated heterocycles. The van der Waals surface area contributed by atoms with Crippen molar-refractivity contribution in [2.24, 2.45) is 0 Å². The molecule has 7 heteroatoms. The fourth-order valence-electron chi connectivity index (χ4n) is 3.89. The molecule has 1 aliphatic carbocycles. The fourth-order valence-corrected chi connectivity index (χ4v) is 4.06. The molecule has 1 aromatic carbocycles. The molecule has 0 bridgehead atoms. The Morgan fingerprint density at radius 2 is 1.92 bits per heavy atom. The second-order valence-electron chi connectivity index (χ2n) is 6.79. The topological polar surface area (TPSA) is 78.6 Å². The monoisotopic (exact) mass is 353 g/mol. The van der Waals surface area contributed by atoms with Crippen molar-refractivity contribution in [1.82, 2.24) is 4.90 Å². The van der Waals surface area contributed by atoms with Crippen LogP contribution in [0, 0.1) is 10.1 Å². The summed E-state index contributed by atoms with van der Waals surface area (Å²) in [7, 11) is 0. The third-order valence-corrected chi connectivity index (χ3v) is 5.44. The molecule has 1 saturated carbocycles. The van der Waals surface area contributed by atoms with Gasteiger partial charge in [0.2, 0.25) is 0 Å². The van der Waals surface area contributed by atoms with Crippen LogP contribution >= 0.6 is 11.6 Å². The number of nitrogens with one attached hydrogen (secondary N) is 1. The molecule has 1 aliphatic heterocycles. The summed E-state index contributed by atoms with van der Waals surface area (Å²) in [6.07, 6.45) is 5.92. The summed E-state index contributed by atoms with van der Waals surface area (Å²) in [5.74, 6) is 0. The number of nitrogens with zero attached hydrogens (tertiary/aromatic N) is 2. The number of halogens is 1. The molecule has 2 unspecified atom stereocenters. The smallest absolute Gasteiger partial charge is 0.293 e. The van der Waals surface area contributed by atoms with Crippen LogP contribution < -0.4 is 5.32 Å². The van der Waals surface area contributed by atoms with Crippen LogP contribution in [0.25, 0.3) is 0 Å². The minimum atomic E-state index is -0.401. The summed E-state index contributed by atoms with van der Waals surface area (Å²) >= 11 is 5.86. The van der Waals surface area contributed by atoms with Gasteiger partial charge in [-0.15, -0.1) is 0 Å². The van der Waals surface area contributed by atoms with E-state index in [4.69, 9.17) is 11.6 Å². The van der Waals surface area contributed by atoms with Crippen molar-refractivity contribution in [2.75, 3.05) is 18.4 Å². The van der Waals surface area contributed by atoms with Gasteiger partial charge in [-0.05, 0) is 37.8 Å². The molecule has 132 valence electrons. The Kier molecular flexibility index (Phi) is 5.58. The Balaban J connectivity index is 1.59. The molecule has 2 fully saturated rings. The Bertz CT molecular complexity index is 590. The summed E-state index contributed by atoms with van der Waals surface area (Å²) in [6, 6.07) is 5.23. The summed E-state index contributed by atoms with van der Waals surface area (Å²) < 4.78 is 0. The minimum absolute atomic E-state index is 0.0210. The predicted molar refractivity (Wildman–Crippen MR) is 94.6 cm³/mol. The lowest BCUT2D eigenvalue weighted by molar-refractivity contribution is -0.384. The van der Waals surface area contributed by atoms with Crippen molar-refractivity contribution in [1.29, 1.82) is 0 Å². The number of rotatable bonds is 4. The highest BCUT2D eigenvalue weighted by Crippen LogP contribution is 2.31. The van der Waals surface area contributed by atoms with E-state index in [9.17, 15) is 15.2 Å². The van der Waals surface area contributed by atoms with E-state index in [0.29, 0.717) is 10.7 Å². The molecule has 24 heavy (non-hydrogen) atoms. The summed E-state index contributed by atoms with van der Waals surface area (Å²) in [5.41, 5.74) is 0.549. The molecule has 1 aromatic rings. The predicted octanol–water partition coefficient (Wildman–Crippen LogP) is 3.43. The van der Waals surface area contributed by atoms with Crippen LogP contribution in [-0.2, 0) is 0 Å². The van der Waals surface area contributed by atoms with Crippen molar-refractivity contribution in [2.45, 2.75) is 56.7 Å². The number of anilines is 1. The van der Waals surface area contributed by atoms with E-state index in [1.165, 1.54) is 12.5 Å². The average Bonchev–Trinajstić information content (AvgIpc) is 2.57. The van der Waals surface area contributed by atoms with Gasteiger partial charge in [0, 0.05) is 36.3 Å². The van der Waals surface area contributed by atoms with Crippen molar-refractivity contribution < 1.29 is 10.0 Å². The highest BCUT2D eigenvalue weighted by atomic mass is 35.5. The molecular weight excluding hydrogens is 330 g/mol. The molecule has 2 N–H and O–H groups in total. The van der Waals surface area contributed by atoms with Gasteiger partial charge in [-0.1, -0.05) is 24.4 Å². The van der Waals surface area contributed by atoms with Gasteiger partial charge in [-0.3, -0.25) is 15.0 Å². The van der Waals surface area contributed by atoms with Crippen LogP contribution in [0.3, 0.4) is 0 Å². The maximum absolute atomic E-state index is 11.2. The van der Waals surface area contributed by atoms with Crippen molar-refractivity contribution in [3.05, 3.63) is 33.3 Å². The molecule has 0 amide bonds. The third-order valence-electron chi connectivity index (χ3n) is 5.21. The van der Waals surface area contributed by atoms with E-state index in [-0.39, 0.29) is 23.9 Å². The SMILES string of the molecule is O=[N+]([O-])c1cc(Cl)ccc1NC1CCN(C2CCCCC2O)CC1. The fraction of sp³-hybridized carbons (Fsp3) is 0.647. The molecule has 0 aromatic heterocycles. The van der Waals surface area contributed by atoms with E-state index in [1.807, 2.05) is 0 Å². The number of benzene rings is 1. The lowest BCUT2D eigenvalue weighted by Crippen LogP contribution is -2.50. The van der Waals surface area contributed by atoms with E-state index in [1.54, 1.807) is 12.1 Å². The van der Waals surface area contributed by atoms with Crippen LogP contribution in [0.5, 0.6) is 0 Å². The van der Waals surface area contributed by atoms with E-state index >= 15 is 0 Å². The zero-order valence-corrected chi connectivity index (χ0v) is 14.4. The van der Waals surface area contributed by atoms with Crippen LogP contribution in [-0.4, -0.2) is 46.2 Å². The maximum atomic E-state index is 11.2. The summed E-state index contributed by atoms with van der Waals surface area (Å²) in [5, 5.41) is 25.1. The van der Waals surface area contributed by atoms with E-state index in [0.717, 1.165) is 45.2 Å². The average molecular weight is 354 g/mol. The van der Waals surface area contributed by atoms with Gasteiger partial charge in [-0.25, -0.2) is 0 Å². The van der Waals surface area contributed by atoms with Gasteiger partial charge >= 0.3 is 0 Å². The first-order valence-electron chi connectivity index (χ1n) is 8.67. The standard InChI is InChI=1S/C17H24ClN3O3/c18-12-5-6-14(16(11-12)21(23)24)19-13-7-9-20(10-8-13)15-3-1-2-4-17(15)22/h5-6,11,13,15,17,19,22H,1-4,7-10H2. The molecule has 2 aliphatic rings. The van der Waals surface area contributed by atoms with E-state index < -0.39 is 4.92 Å². The lowest BCUT2D eigenvalue weighted by atomic mass is 9.89. The van der Waals surface area contributed by atoms with Gasteiger partial charge in [0.05, 0.1) is 11.0 Å². The Morgan fingerprint density at radius 3 is 2.58 bits per heavy atom. The molecule has 3 rings (SSSR count). The molecule has 1 heterocycles. The highest BCUT2D eigenvalue weighted by Gasteiger charge is 2.31. The quantitative estimate of drug-likeness (QED) is 0.640. The van der Waals surface area contributed by atoms with E-state index in [2.05, 4.69) is 10.2 Å². The number of hydrogen-bond acceptors (Lipinski definition) is 5. The number of nitro benzene ring substituents is 1. The molecular formula is C17H24ClN3O3. The molecule has 0 radical (unpaired) electrons. The normalized spacial score (nSPS) is 26.2. The van der Waals surface area contributed by atoms with Gasteiger partial charge in [0.25, 0.3) is 5.69 Å². The number of hydrogen-bond donors (Lipinski definition) is 2. The van der Waals surface area contributed by atoms with Crippen LogP contribution in [0.4, 0.5) is 11.4 Å². The Labute approximate surface area is 146 Å². The van der Waals surface area contributed by atoms with Gasteiger partial charge in [-0.2, -0.15) is 0 Å². The second-order valence-corrected chi connectivity index (χ2v) is 7.23. The number of likely N-dealkylation sites (tertiary alicyclic amines) is 1. The van der Waals surface area contributed by atoms with Gasteiger partial charge in [0.1, 0.15) is 5.69 Å². The van der Waals surface area contributed by atoms with Crippen molar-refractivity contribution in [3.8, 4) is 0 Å². The highest BCUT2D eigenvalue weighted by molar-refractivity contribution is 6.30. The first kappa shape index (κ1) is 17.5. The number of piperidine rings is 1. The minimum Gasteiger partial charge on any atom is -0.391 e. The Morgan fingerprint density at radius 1 is 1.21 bits per heavy atom. The number of aliphatic hydroxyl groups is 1. The largest absolute Gasteiger partial charge is 0.391 e. The first-order valence-corrected chi connectivity index (χ1v) is 9.05. The van der Waals surface area contributed by atoms with Crippen LogP contribution in [0.15, 0.2) is 18.2 Å². The lowest BCUT2D eigenvalue weighted by Gasteiger charge is -2.41. The molecule has 2 atom stereocenters. The van der Waals surface area contributed by atoms with Crippen molar-refractivity contribution in [3.63, 3.8) is 0 Å².